The molecule has 0 saturated carbocycles. The second-order valence-corrected chi connectivity index (χ2v) is 7.07. The lowest BCUT2D eigenvalue weighted by Crippen LogP contribution is -2.29. The minimum absolute atomic E-state index is 0.201. The van der Waals surface area contributed by atoms with Crippen LogP contribution < -0.4 is 5.32 Å². The van der Waals surface area contributed by atoms with Crippen LogP contribution in [0.25, 0.3) is 5.69 Å². The van der Waals surface area contributed by atoms with Crippen LogP contribution >= 0.6 is 0 Å². The molecule has 0 spiro atoms. The molecule has 0 aliphatic carbocycles. The molecule has 0 saturated heterocycles. The molecule has 1 amide bonds. The number of nitrogens with zero attached hydrogens (tertiary/aromatic N) is 2. The minimum atomic E-state index is -0.388. The zero-order valence-electron chi connectivity index (χ0n) is 17.3. The SMILES string of the molecule is COC(=O)c1ccc([C@H](C)NC(=O)c2c(C)nc(C)n2-c2ccc(C)cc2)cc1. The average molecular weight is 391 g/mol. The highest BCUT2D eigenvalue weighted by Gasteiger charge is 2.22. The van der Waals surface area contributed by atoms with Crippen molar-refractivity contribution in [2.45, 2.75) is 33.7 Å². The third-order valence-electron chi connectivity index (χ3n) is 4.91. The molecule has 3 rings (SSSR count). The van der Waals surface area contributed by atoms with Crippen molar-refractivity contribution in [3.63, 3.8) is 0 Å². The van der Waals surface area contributed by atoms with E-state index < -0.39 is 0 Å². The maximum absolute atomic E-state index is 13.1. The van der Waals surface area contributed by atoms with Gasteiger partial charge in [-0.2, -0.15) is 0 Å². The van der Waals surface area contributed by atoms with Gasteiger partial charge in [-0.3, -0.25) is 9.36 Å². The van der Waals surface area contributed by atoms with Crippen LogP contribution in [0.1, 0.15) is 56.5 Å². The number of benzene rings is 2. The quantitative estimate of drug-likeness (QED) is 0.665. The molecule has 0 bridgehead atoms. The molecular weight excluding hydrogens is 366 g/mol. The molecule has 2 aromatic carbocycles. The Morgan fingerprint density at radius 3 is 2.21 bits per heavy atom. The fourth-order valence-corrected chi connectivity index (χ4v) is 3.32. The third kappa shape index (κ3) is 4.21. The fourth-order valence-electron chi connectivity index (χ4n) is 3.32. The summed E-state index contributed by atoms with van der Waals surface area (Å²) in [6, 6.07) is 14.7. The zero-order valence-corrected chi connectivity index (χ0v) is 17.3. The number of carbonyl (C=O) groups is 2. The lowest BCUT2D eigenvalue weighted by molar-refractivity contribution is 0.0600. The van der Waals surface area contributed by atoms with Crippen molar-refractivity contribution in [1.29, 1.82) is 0 Å². The molecule has 29 heavy (non-hydrogen) atoms. The van der Waals surface area contributed by atoms with Gasteiger partial charge in [-0.25, -0.2) is 9.78 Å². The first-order chi connectivity index (χ1) is 13.8. The van der Waals surface area contributed by atoms with Crippen molar-refractivity contribution in [3.8, 4) is 5.69 Å². The van der Waals surface area contributed by atoms with Gasteiger partial charge in [0.25, 0.3) is 5.91 Å². The average Bonchev–Trinajstić information content (AvgIpc) is 3.01. The Morgan fingerprint density at radius 2 is 1.62 bits per heavy atom. The number of rotatable bonds is 5. The minimum Gasteiger partial charge on any atom is -0.465 e. The molecule has 0 aliphatic rings. The summed E-state index contributed by atoms with van der Waals surface area (Å²) < 4.78 is 6.59. The first-order valence-corrected chi connectivity index (χ1v) is 9.44. The monoisotopic (exact) mass is 391 g/mol. The van der Waals surface area contributed by atoms with Crippen molar-refractivity contribution in [2.24, 2.45) is 0 Å². The van der Waals surface area contributed by atoms with Crippen molar-refractivity contribution >= 4 is 11.9 Å². The van der Waals surface area contributed by atoms with Gasteiger partial charge in [0.15, 0.2) is 0 Å². The van der Waals surface area contributed by atoms with E-state index in [1.807, 2.05) is 68.7 Å². The summed E-state index contributed by atoms with van der Waals surface area (Å²) in [5.41, 5.74) is 4.60. The second kappa shape index (κ2) is 8.31. The maximum Gasteiger partial charge on any atom is 0.337 e. The molecule has 3 aromatic rings. The van der Waals surface area contributed by atoms with E-state index >= 15 is 0 Å². The topological polar surface area (TPSA) is 73.2 Å². The number of hydrogen-bond acceptors (Lipinski definition) is 4. The predicted octanol–water partition coefficient (Wildman–Crippen LogP) is 4.08. The van der Waals surface area contributed by atoms with Gasteiger partial charge in [-0.1, -0.05) is 29.8 Å². The van der Waals surface area contributed by atoms with E-state index in [0.29, 0.717) is 17.0 Å². The second-order valence-electron chi connectivity index (χ2n) is 7.07. The summed E-state index contributed by atoms with van der Waals surface area (Å²) >= 11 is 0. The van der Waals surface area contributed by atoms with Crippen molar-refractivity contribution in [2.75, 3.05) is 7.11 Å². The molecule has 0 radical (unpaired) electrons. The molecule has 1 N–H and O–H groups in total. The van der Waals surface area contributed by atoms with Crippen LogP contribution in [0.2, 0.25) is 0 Å². The summed E-state index contributed by atoms with van der Waals surface area (Å²) in [5.74, 6) is 0.168. The van der Waals surface area contributed by atoms with Crippen LogP contribution in [0.3, 0.4) is 0 Å². The molecule has 150 valence electrons. The summed E-state index contributed by atoms with van der Waals surface area (Å²) in [4.78, 5) is 29.2. The first kappa shape index (κ1) is 20.3. The number of imidazole rings is 1. The number of aryl methyl sites for hydroxylation is 3. The van der Waals surface area contributed by atoms with Crippen LogP contribution in [0.15, 0.2) is 48.5 Å². The molecule has 1 heterocycles. The van der Waals surface area contributed by atoms with Crippen LogP contribution in [0, 0.1) is 20.8 Å². The number of esters is 1. The largest absolute Gasteiger partial charge is 0.465 e. The summed E-state index contributed by atoms with van der Waals surface area (Å²) in [5, 5.41) is 3.03. The lowest BCUT2D eigenvalue weighted by Gasteiger charge is -2.17. The van der Waals surface area contributed by atoms with Gasteiger partial charge >= 0.3 is 5.97 Å². The Morgan fingerprint density at radius 1 is 1.00 bits per heavy atom. The Balaban J connectivity index is 1.85. The summed E-state index contributed by atoms with van der Waals surface area (Å²) in [6.07, 6.45) is 0. The van der Waals surface area contributed by atoms with Gasteiger partial charge in [-0.05, 0) is 57.5 Å². The molecular formula is C23H25N3O3. The van der Waals surface area contributed by atoms with E-state index in [4.69, 9.17) is 4.74 Å². The fraction of sp³-hybridized carbons (Fsp3) is 0.261. The standard InChI is InChI=1S/C23H25N3O3/c1-14-6-12-20(13-7-14)26-17(4)24-16(3)21(26)22(27)25-15(2)18-8-10-19(11-9-18)23(28)29-5/h6-13,15H,1-5H3,(H,25,27)/t15-/m0/s1. The molecule has 1 atom stereocenters. The normalized spacial score (nSPS) is 11.8. The highest BCUT2D eigenvalue weighted by Crippen LogP contribution is 2.21. The van der Waals surface area contributed by atoms with E-state index in [2.05, 4.69) is 10.3 Å². The summed E-state index contributed by atoms with van der Waals surface area (Å²) in [6.45, 7) is 7.65. The van der Waals surface area contributed by atoms with Crippen molar-refractivity contribution in [3.05, 3.63) is 82.4 Å². The molecule has 0 aliphatic heterocycles. The number of amides is 1. The van der Waals surface area contributed by atoms with Crippen LogP contribution in [-0.4, -0.2) is 28.5 Å². The summed E-state index contributed by atoms with van der Waals surface area (Å²) in [7, 11) is 1.35. The molecule has 1 aromatic heterocycles. The maximum atomic E-state index is 13.1. The Labute approximate surface area is 170 Å². The lowest BCUT2D eigenvalue weighted by atomic mass is 10.1. The van der Waals surface area contributed by atoms with Gasteiger partial charge < -0.3 is 10.1 Å². The van der Waals surface area contributed by atoms with E-state index in [1.165, 1.54) is 7.11 Å². The van der Waals surface area contributed by atoms with Crippen LogP contribution in [0.4, 0.5) is 0 Å². The zero-order chi connectivity index (χ0) is 21.1. The number of nitrogens with one attached hydrogen (secondary N) is 1. The first-order valence-electron chi connectivity index (χ1n) is 9.44. The van der Waals surface area contributed by atoms with E-state index in [0.717, 1.165) is 22.6 Å². The number of hydrogen-bond donors (Lipinski definition) is 1. The van der Waals surface area contributed by atoms with Gasteiger partial charge in [0.2, 0.25) is 0 Å². The van der Waals surface area contributed by atoms with Crippen LogP contribution in [-0.2, 0) is 4.74 Å². The van der Waals surface area contributed by atoms with Gasteiger partial charge in [-0.15, -0.1) is 0 Å². The Hall–Kier alpha value is -3.41. The number of carbonyl (C=O) groups excluding carboxylic acids is 2. The molecule has 6 nitrogen and oxygen atoms in total. The Bertz CT molecular complexity index is 1030. The van der Waals surface area contributed by atoms with Gasteiger partial charge in [0, 0.05) is 5.69 Å². The van der Waals surface area contributed by atoms with E-state index in [9.17, 15) is 9.59 Å². The molecule has 0 fully saturated rings. The Kier molecular flexibility index (Phi) is 5.82. The molecule has 0 unspecified atom stereocenters. The predicted molar refractivity (Wildman–Crippen MR) is 111 cm³/mol. The number of aromatic nitrogens is 2. The third-order valence-corrected chi connectivity index (χ3v) is 4.91. The van der Waals surface area contributed by atoms with E-state index in [1.54, 1.807) is 12.1 Å². The number of ether oxygens (including phenoxy) is 1. The van der Waals surface area contributed by atoms with Crippen molar-refractivity contribution in [1.82, 2.24) is 14.9 Å². The highest BCUT2D eigenvalue weighted by molar-refractivity contribution is 5.95. The highest BCUT2D eigenvalue weighted by atomic mass is 16.5. The molecule has 6 heteroatoms. The number of methoxy groups -OCH3 is 1. The van der Waals surface area contributed by atoms with Gasteiger partial charge in [0.05, 0.1) is 24.4 Å². The van der Waals surface area contributed by atoms with E-state index in [-0.39, 0.29) is 17.9 Å². The smallest absolute Gasteiger partial charge is 0.337 e. The van der Waals surface area contributed by atoms with Gasteiger partial charge in [0.1, 0.15) is 11.5 Å². The van der Waals surface area contributed by atoms with Crippen LogP contribution in [0.5, 0.6) is 0 Å². The van der Waals surface area contributed by atoms with Crippen molar-refractivity contribution < 1.29 is 14.3 Å².